The van der Waals surface area contributed by atoms with E-state index in [1.807, 2.05) is 6.92 Å². The second kappa shape index (κ2) is 5.57. The summed E-state index contributed by atoms with van der Waals surface area (Å²) in [6, 6.07) is 3.23. The van der Waals surface area contributed by atoms with E-state index in [9.17, 15) is 14.0 Å². The number of hydrogen-bond acceptors (Lipinski definition) is 2. The number of piperazine rings is 1. The molecule has 1 unspecified atom stereocenters. The van der Waals surface area contributed by atoms with Crippen molar-refractivity contribution in [2.45, 2.75) is 25.8 Å². The number of carbonyl (C=O) groups is 2. The smallest absolute Gasteiger partial charge is 0.250 e. The lowest BCUT2D eigenvalue weighted by Gasteiger charge is -2.32. The molecule has 2 amide bonds. The minimum absolute atomic E-state index is 0.0929. The Hall–Kier alpha value is -1.62. The van der Waals surface area contributed by atoms with E-state index in [4.69, 9.17) is 11.6 Å². The molecule has 1 aromatic carbocycles. The van der Waals surface area contributed by atoms with Gasteiger partial charge in [0.1, 0.15) is 18.4 Å². The normalized spacial score (nSPS) is 19.5. The third-order valence-electron chi connectivity index (χ3n) is 2.98. The maximum Gasteiger partial charge on any atom is 0.250 e. The van der Waals surface area contributed by atoms with Crippen molar-refractivity contribution in [1.29, 1.82) is 0 Å². The molecule has 0 aliphatic carbocycles. The van der Waals surface area contributed by atoms with E-state index in [1.54, 1.807) is 0 Å². The molecule has 1 heterocycles. The Kier molecular flexibility index (Phi) is 4.04. The first kappa shape index (κ1) is 13.8. The molecule has 1 fully saturated rings. The molecule has 0 aromatic heterocycles. The number of halogens is 2. The van der Waals surface area contributed by atoms with Gasteiger partial charge in [-0.25, -0.2) is 4.39 Å². The largest absolute Gasteiger partial charge is 0.343 e. The molecule has 1 aliphatic heterocycles. The van der Waals surface area contributed by atoms with Gasteiger partial charge in [0.25, 0.3) is 0 Å². The lowest BCUT2D eigenvalue weighted by molar-refractivity contribution is -0.131. The van der Waals surface area contributed by atoms with Gasteiger partial charge in [-0.1, -0.05) is 24.9 Å². The van der Waals surface area contributed by atoms with Crippen molar-refractivity contribution >= 4 is 29.1 Å². The summed E-state index contributed by atoms with van der Waals surface area (Å²) in [6.45, 7) is 1.84. The lowest BCUT2D eigenvalue weighted by atomic mass is 10.1. The summed E-state index contributed by atoms with van der Waals surface area (Å²) in [5, 5.41) is 2.77. The maximum absolute atomic E-state index is 13.0. The molecule has 0 spiro atoms. The van der Waals surface area contributed by atoms with Gasteiger partial charge in [-0.15, -0.1) is 0 Å². The molecule has 0 bridgehead atoms. The second-order valence-corrected chi connectivity index (χ2v) is 4.84. The van der Waals surface area contributed by atoms with Crippen molar-refractivity contribution in [3.8, 4) is 0 Å². The van der Waals surface area contributed by atoms with Crippen LogP contribution in [0, 0.1) is 5.82 Å². The van der Waals surface area contributed by atoms with Gasteiger partial charge in [-0.2, -0.15) is 0 Å². The van der Waals surface area contributed by atoms with Crippen LogP contribution in [-0.2, 0) is 9.59 Å². The molecule has 19 heavy (non-hydrogen) atoms. The average Bonchev–Trinajstić information content (AvgIpc) is 2.34. The third-order valence-corrected chi connectivity index (χ3v) is 3.28. The summed E-state index contributed by atoms with van der Waals surface area (Å²) in [6.07, 6.45) is 1.35. The van der Waals surface area contributed by atoms with Crippen LogP contribution in [0.25, 0.3) is 0 Å². The molecule has 1 atom stereocenters. The first-order valence-corrected chi connectivity index (χ1v) is 6.46. The molecule has 2 rings (SSSR count). The molecule has 1 aromatic rings. The standard InChI is InChI=1S/C13H14ClFN2O2/c1-2-3-10-13(19)17(7-12(18)16-10)11-5-4-8(15)6-9(11)14/h4-6,10H,2-3,7H2,1H3,(H,16,18). The highest BCUT2D eigenvalue weighted by molar-refractivity contribution is 6.34. The molecule has 102 valence electrons. The molecule has 4 nitrogen and oxygen atoms in total. The van der Waals surface area contributed by atoms with Gasteiger partial charge in [-0.3, -0.25) is 14.5 Å². The molecular formula is C13H14ClFN2O2. The van der Waals surface area contributed by atoms with Crippen LogP contribution in [0.2, 0.25) is 5.02 Å². The Morgan fingerprint density at radius 3 is 2.84 bits per heavy atom. The fraction of sp³-hybridized carbons (Fsp3) is 0.385. The maximum atomic E-state index is 13.0. The van der Waals surface area contributed by atoms with Gasteiger partial charge in [0.05, 0.1) is 10.7 Å². The number of nitrogens with one attached hydrogen (secondary N) is 1. The zero-order chi connectivity index (χ0) is 14.0. The Labute approximate surface area is 115 Å². The summed E-state index contributed by atoms with van der Waals surface area (Å²) in [7, 11) is 0. The predicted molar refractivity (Wildman–Crippen MR) is 70.6 cm³/mol. The number of hydrogen-bond donors (Lipinski definition) is 1. The quantitative estimate of drug-likeness (QED) is 0.924. The van der Waals surface area contributed by atoms with Crippen LogP contribution in [0.1, 0.15) is 19.8 Å². The van der Waals surface area contributed by atoms with E-state index < -0.39 is 11.9 Å². The van der Waals surface area contributed by atoms with Crippen LogP contribution < -0.4 is 10.2 Å². The van der Waals surface area contributed by atoms with Crippen LogP contribution in [0.5, 0.6) is 0 Å². The Balaban J connectivity index is 2.31. The van der Waals surface area contributed by atoms with Crippen LogP contribution in [0.15, 0.2) is 18.2 Å². The fourth-order valence-corrected chi connectivity index (χ4v) is 2.37. The average molecular weight is 285 g/mol. The Morgan fingerprint density at radius 1 is 1.47 bits per heavy atom. The van der Waals surface area contributed by atoms with E-state index in [-0.39, 0.29) is 23.4 Å². The number of carbonyl (C=O) groups excluding carboxylic acids is 2. The van der Waals surface area contributed by atoms with E-state index in [0.29, 0.717) is 12.1 Å². The molecule has 0 radical (unpaired) electrons. The highest BCUT2D eigenvalue weighted by atomic mass is 35.5. The zero-order valence-corrected chi connectivity index (χ0v) is 11.2. The summed E-state index contributed by atoms with van der Waals surface area (Å²) in [4.78, 5) is 25.2. The monoisotopic (exact) mass is 284 g/mol. The number of rotatable bonds is 3. The molecule has 1 saturated heterocycles. The Morgan fingerprint density at radius 2 is 2.21 bits per heavy atom. The van der Waals surface area contributed by atoms with E-state index in [0.717, 1.165) is 12.5 Å². The lowest BCUT2D eigenvalue weighted by Crippen LogP contribution is -2.58. The second-order valence-electron chi connectivity index (χ2n) is 4.43. The number of nitrogens with zero attached hydrogens (tertiary/aromatic N) is 1. The molecule has 0 saturated carbocycles. The fourth-order valence-electron chi connectivity index (χ4n) is 2.10. The minimum atomic E-state index is -0.535. The van der Waals surface area contributed by atoms with Gasteiger partial charge in [-0.05, 0) is 24.6 Å². The highest BCUT2D eigenvalue weighted by Gasteiger charge is 2.33. The van der Waals surface area contributed by atoms with Gasteiger partial charge in [0.15, 0.2) is 0 Å². The van der Waals surface area contributed by atoms with Gasteiger partial charge < -0.3 is 5.32 Å². The van der Waals surface area contributed by atoms with Crippen LogP contribution in [-0.4, -0.2) is 24.4 Å². The molecular weight excluding hydrogens is 271 g/mol. The SMILES string of the molecule is CCCC1NC(=O)CN(c2ccc(F)cc2Cl)C1=O. The third kappa shape index (κ3) is 2.87. The summed E-state index contributed by atoms with van der Waals surface area (Å²) in [5.41, 5.74) is 0.365. The van der Waals surface area contributed by atoms with Crippen molar-refractivity contribution in [2.75, 3.05) is 11.4 Å². The molecule has 1 aliphatic rings. The van der Waals surface area contributed by atoms with E-state index in [1.165, 1.54) is 17.0 Å². The summed E-state index contributed by atoms with van der Waals surface area (Å²) >= 11 is 5.94. The topological polar surface area (TPSA) is 49.4 Å². The first-order valence-electron chi connectivity index (χ1n) is 6.08. The zero-order valence-electron chi connectivity index (χ0n) is 10.5. The van der Waals surface area contributed by atoms with Crippen molar-refractivity contribution in [3.63, 3.8) is 0 Å². The van der Waals surface area contributed by atoms with E-state index in [2.05, 4.69) is 5.32 Å². The predicted octanol–water partition coefficient (Wildman–Crippen LogP) is 2.11. The van der Waals surface area contributed by atoms with Crippen molar-refractivity contribution in [2.24, 2.45) is 0 Å². The van der Waals surface area contributed by atoms with Gasteiger partial charge in [0.2, 0.25) is 11.8 Å². The summed E-state index contributed by atoms with van der Waals surface area (Å²) in [5.74, 6) is -0.929. The van der Waals surface area contributed by atoms with Crippen molar-refractivity contribution < 1.29 is 14.0 Å². The van der Waals surface area contributed by atoms with Crippen molar-refractivity contribution in [3.05, 3.63) is 29.0 Å². The van der Waals surface area contributed by atoms with Crippen LogP contribution in [0.4, 0.5) is 10.1 Å². The van der Waals surface area contributed by atoms with Gasteiger partial charge >= 0.3 is 0 Å². The number of amides is 2. The van der Waals surface area contributed by atoms with Crippen LogP contribution in [0.3, 0.4) is 0 Å². The summed E-state index contributed by atoms with van der Waals surface area (Å²) < 4.78 is 13.0. The number of benzene rings is 1. The van der Waals surface area contributed by atoms with Crippen LogP contribution >= 0.6 is 11.6 Å². The van der Waals surface area contributed by atoms with Gasteiger partial charge in [0, 0.05) is 0 Å². The van der Waals surface area contributed by atoms with E-state index >= 15 is 0 Å². The first-order chi connectivity index (χ1) is 9.02. The van der Waals surface area contributed by atoms with Crippen molar-refractivity contribution in [1.82, 2.24) is 5.32 Å². The molecule has 6 heteroatoms. The minimum Gasteiger partial charge on any atom is -0.343 e. The molecule has 1 N–H and O–H groups in total. The Bertz CT molecular complexity index is 521. The number of anilines is 1. The highest BCUT2D eigenvalue weighted by Crippen LogP contribution is 2.28.